The fourth-order valence-electron chi connectivity index (χ4n) is 4.32. The van der Waals surface area contributed by atoms with Gasteiger partial charge in [-0.1, -0.05) is 24.3 Å². The molecule has 6 nitrogen and oxygen atoms in total. The van der Waals surface area contributed by atoms with E-state index in [0.29, 0.717) is 18.1 Å². The van der Waals surface area contributed by atoms with Crippen molar-refractivity contribution in [1.29, 1.82) is 0 Å². The number of thiocarbonyl (C=S) groups is 1. The SMILES string of the molecule is Cc1ccccc1NC(=O)CCN1C(=S)N[C@H](c2ccccn2)[C@H]1c1cc(C)n(C)c1C. The monoisotopic (exact) mass is 447 g/mol. The summed E-state index contributed by atoms with van der Waals surface area (Å²) >= 11 is 5.73. The van der Waals surface area contributed by atoms with Crippen LogP contribution in [0.15, 0.2) is 54.7 Å². The number of amides is 1. The summed E-state index contributed by atoms with van der Waals surface area (Å²) in [6, 6.07) is 15.8. The van der Waals surface area contributed by atoms with Crippen LogP contribution in [0.25, 0.3) is 0 Å². The Morgan fingerprint density at radius 1 is 1.16 bits per heavy atom. The fourth-order valence-corrected chi connectivity index (χ4v) is 4.65. The second-order valence-electron chi connectivity index (χ2n) is 8.32. The standard InChI is InChI=1S/C25H29N5OS/c1-16-9-5-6-10-20(16)27-22(31)12-14-30-24(19-15-17(2)29(4)18(19)3)23(28-25(30)32)21-11-7-8-13-26-21/h5-11,13,15,23-24H,12,14H2,1-4H3,(H,27,31)(H,28,32)/t23-,24-/m1/s1. The molecule has 0 radical (unpaired) electrons. The summed E-state index contributed by atoms with van der Waals surface area (Å²) in [4.78, 5) is 19.5. The molecule has 7 heteroatoms. The van der Waals surface area contributed by atoms with Gasteiger partial charge < -0.3 is 20.1 Å². The lowest BCUT2D eigenvalue weighted by Gasteiger charge is -2.28. The Hall–Kier alpha value is -3.19. The quantitative estimate of drug-likeness (QED) is 0.550. The Morgan fingerprint density at radius 2 is 1.91 bits per heavy atom. The van der Waals surface area contributed by atoms with Crippen LogP contribution in [-0.4, -0.2) is 32.0 Å². The molecule has 32 heavy (non-hydrogen) atoms. The average Bonchev–Trinajstić information content (AvgIpc) is 3.25. The number of carbonyl (C=O) groups excluding carboxylic acids is 1. The molecule has 3 heterocycles. The molecule has 0 unspecified atom stereocenters. The molecular weight excluding hydrogens is 418 g/mol. The zero-order chi connectivity index (χ0) is 22.8. The average molecular weight is 448 g/mol. The normalized spacial score (nSPS) is 18.0. The molecule has 1 amide bonds. The molecule has 0 saturated carbocycles. The number of pyridine rings is 1. The molecule has 166 valence electrons. The molecule has 1 aliphatic rings. The van der Waals surface area contributed by atoms with E-state index in [0.717, 1.165) is 16.9 Å². The van der Waals surface area contributed by atoms with Crippen molar-refractivity contribution in [3.8, 4) is 0 Å². The van der Waals surface area contributed by atoms with Crippen molar-refractivity contribution in [2.24, 2.45) is 7.05 Å². The summed E-state index contributed by atoms with van der Waals surface area (Å²) in [6.45, 7) is 6.74. The van der Waals surface area contributed by atoms with Gasteiger partial charge in [0.2, 0.25) is 5.91 Å². The first kappa shape index (κ1) is 22.0. The van der Waals surface area contributed by atoms with Crippen molar-refractivity contribution in [2.45, 2.75) is 39.3 Å². The highest BCUT2D eigenvalue weighted by atomic mass is 32.1. The maximum Gasteiger partial charge on any atom is 0.226 e. The minimum Gasteiger partial charge on any atom is -0.352 e. The van der Waals surface area contributed by atoms with Crippen LogP contribution >= 0.6 is 12.2 Å². The van der Waals surface area contributed by atoms with E-state index in [2.05, 4.69) is 52.0 Å². The van der Waals surface area contributed by atoms with Crippen LogP contribution in [0.1, 0.15) is 46.7 Å². The molecule has 2 atom stereocenters. The van der Waals surface area contributed by atoms with Crippen molar-refractivity contribution < 1.29 is 4.79 Å². The number of hydrogen-bond acceptors (Lipinski definition) is 3. The lowest BCUT2D eigenvalue weighted by Crippen LogP contribution is -2.33. The molecule has 1 aliphatic heterocycles. The van der Waals surface area contributed by atoms with Crippen LogP contribution in [-0.2, 0) is 11.8 Å². The van der Waals surface area contributed by atoms with Crippen LogP contribution in [0.2, 0.25) is 0 Å². The maximum absolute atomic E-state index is 12.7. The maximum atomic E-state index is 12.7. The van der Waals surface area contributed by atoms with Crippen LogP contribution < -0.4 is 10.6 Å². The molecule has 2 N–H and O–H groups in total. The Balaban J connectivity index is 1.59. The highest BCUT2D eigenvalue weighted by Gasteiger charge is 2.41. The number of anilines is 1. The zero-order valence-corrected chi connectivity index (χ0v) is 19.7. The van der Waals surface area contributed by atoms with E-state index in [4.69, 9.17) is 12.2 Å². The van der Waals surface area contributed by atoms with Crippen LogP contribution in [0.4, 0.5) is 5.69 Å². The Labute approximate surface area is 194 Å². The Bertz CT molecular complexity index is 1140. The van der Waals surface area contributed by atoms with E-state index in [1.807, 2.05) is 49.4 Å². The number of para-hydroxylation sites is 1. The molecule has 0 aliphatic carbocycles. The number of aryl methyl sites for hydroxylation is 2. The second kappa shape index (κ2) is 9.12. The van der Waals surface area contributed by atoms with Gasteiger partial charge >= 0.3 is 0 Å². The van der Waals surface area contributed by atoms with Gasteiger partial charge in [-0.05, 0) is 68.4 Å². The molecule has 3 aromatic rings. The highest BCUT2D eigenvalue weighted by Crippen LogP contribution is 2.40. The minimum absolute atomic E-state index is 0.0249. The molecule has 0 bridgehead atoms. The van der Waals surface area contributed by atoms with Crippen LogP contribution in [0.5, 0.6) is 0 Å². The third-order valence-corrected chi connectivity index (χ3v) is 6.68. The molecule has 1 fully saturated rings. The fraction of sp³-hybridized carbons (Fsp3) is 0.320. The number of carbonyl (C=O) groups is 1. The van der Waals surface area contributed by atoms with Crippen molar-refractivity contribution in [3.63, 3.8) is 0 Å². The molecule has 1 aromatic carbocycles. The lowest BCUT2D eigenvalue weighted by molar-refractivity contribution is -0.116. The number of rotatable bonds is 6. The summed E-state index contributed by atoms with van der Waals surface area (Å²) in [7, 11) is 2.07. The van der Waals surface area contributed by atoms with Crippen molar-refractivity contribution in [1.82, 2.24) is 19.8 Å². The van der Waals surface area contributed by atoms with E-state index in [9.17, 15) is 4.79 Å². The third kappa shape index (κ3) is 4.25. The zero-order valence-electron chi connectivity index (χ0n) is 18.9. The summed E-state index contributed by atoms with van der Waals surface area (Å²) in [5.74, 6) is -0.0249. The molecule has 1 saturated heterocycles. The molecule has 4 rings (SSSR count). The van der Waals surface area contributed by atoms with E-state index in [1.54, 1.807) is 6.20 Å². The van der Waals surface area contributed by atoms with Crippen molar-refractivity contribution in [2.75, 3.05) is 11.9 Å². The van der Waals surface area contributed by atoms with Gasteiger partial charge in [0.25, 0.3) is 0 Å². The molecule has 0 spiro atoms. The minimum atomic E-state index is -0.0800. The number of hydrogen-bond donors (Lipinski definition) is 2. The van der Waals surface area contributed by atoms with Crippen molar-refractivity contribution in [3.05, 3.63) is 82.9 Å². The van der Waals surface area contributed by atoms with Gasteiger partial charge in [0.1, 0.15) is 0 Å². The lowest BCUT2D eigenvalue weighted by atomic mass is 9.96. The van der Waals surface area contributed by atoms with E-state index >= 15 is 0 Å². The number of aromatic nitrogens is 2. The Morgan fingerprint density at radius 3 is 2.56 bits per heavy atom. The number of nitrogens with zero attached hydrogens (tertiary/aromatic N) is 3. The van der Waals surface area contributed by atoms with Gasteiger partial charge in [0.15, 0.2) is 5.11 Å². The Kier molecular flexibility index (Phi) is 6.28. The molecule has 2 aromatic heterocycles. The van der Waals surface area contributed by atoms with E-state index < -0.39 is 0 Å². The van der Waals surface area contributed by atoms with Gasteiger partial charge in [-0.25, -0.2) is 0 Å². The third-order valence-electron chi connectivity index (χ3n) is 6.33. The smallest absolute Gasteiger partial charge is 0.226 e. The summed E-state index contributed by atoms with van der Waals surface area (Å²) in [5.41, 5.74) is 6.40. The largest absolute Gasteiger partial charge is 0.352 e. The van der Waals surface area contributed by atoms with Gasteiger partial charge in [0.05, 0.1) is 17.8 Å². The van der Waals surface area contributed by atoms with Gasteiger partial charge in [-0.15, -0.1) is 0 Å². The molecular formula is C25H29N5OS. The number of benzene rings is 1. The summed E-state index contributed by atoms with van der Waals surface area (Å²) in [6.07, 6.45) is 2.14. The summed E-state index contributed by atoms with van der Waals surface area (Å²) in [5, 5.41) is 7.13. The van der Waals surface area contributed by atoms with E-state index in [-0.39, 0.29) is 18.0 Å². The first-order valence-corrected chi connectivity index (χ1v) is 11.2. The van der Waals surface area contributed by atoms with Crippen LogP contribution in [0.3, 0.4) is 0 Å². The van der Waals surface area contributed by atoms with Crippen LogP contribution in [0, 0.1) is 20.8 Å². The van der Waals surface area contributed by atoms with Gasteiger partial charge in [0, 0.05) is 43.3 Å². The van der Waals surface area contributed by atoms with E-state index in [1.165, 1.54) is 17.0 Å². The van der Waals surface area contributed by atoms with Gasteiger partial charge in [-0.2, -0.15) is 0 Å². The van der Waals surface area contributed by atoms with Gasteiger partial charge in [-0.3, -0.25) is 9.78 Å². The predicted molar refractivity (Wildman–Crippen MR) is 131 cm³/mol. The first-order chi connectivity index (χ1) is 15.4. The topological polar surface area (TPSA) is 62.2 Å². The second-order valence-corrected chi connectivity index (χ2v) is 8.71. The predicted octanol–water partition coefficient (Wildman–Crippen LogP) is 4.35. The highest BCUT2D eigenvalue weighted by molar-refractivity contribution is 7.80. The van der Waals surface area contributed by atoms with Crippen molar-refractivity contribution >= 4 is 28.9 Å². The number of nitrogens with one attached hydrogen (secondary N) is 2. The first-order valence-electron chi connectivity index (χ1n) is 10.8. The summed E-state index contributed by atoms with van der Waals surface area (Å²) < 4.78 is 2.19.